The number of aliphatic carboxylic acids is 1. The van der Waals surface area contributed by atoms with Crippen LogP contribution in [0.25, 0.3) is 0 Å². The summed E-state index contributed by atoms with van der Waals surface area (Å²) in [6.07, 6.45) is 0.159. The van der Waals surface area contributed by atoms with Crippen molar-refractivity contribution in [2.24, 2.45) is 5.73 Å². The van der Waals surface area contributed by atoms with Crippen molar-refractivity contribution in [2.45, 2.75) is 18.9 Å². The first kappa shape index (κ1) is 9.79. The Bertz CT molecular complexity index is 406. The maximum Gasteiger partial charge on any atom is 0.320 e. The molecule has 1 aromatic rings. The first-order chi connectivity index (χ1) is 7.33. The van der Waals surface area contributed by atoms with E-state index in [1.54, 1.807) is 0 Å². The first-order valence-electron chi connectivity index (χ1n) is 4.86. The normalized spacial score (nSPS) is 15.4. The highest BCUT2D eigenvalue weighted by atomic mass is 16.4. The molecule has 1 unspecified atom stereocenters. The van der Waals surface area contributed by atoms with E-state index in [0.717, 1.165) is 0 Å². The minimum atomic E-state index is -2.03. The van der Waals surface area contributed by atoms with Gasteiger partial charge in [-0.3, -0.25) is 4.79 Å². The molecule has 15 heavy (non-hydrogen) atoms. The number of aromatic hydroxyl groups is 2. The highest BCUT2D eigenvalue weighted by molar-refractivity contribution is 5.73. The van der Waals surface area contributed by atoms with Gasteiger partial charge in [-0.1, -0.05) is 6.07 Å². The molecule has 1 atom stereocenters. The third kappa shape index (κ3) is 3.14. The lowest BCUT2D eigenvalue weighted by molar-refractivity contribution is -0.138. The second-order valence-electron chi connectivity index (χ2n) is 3.15. The smallest absolute Gasteiger partial charge is 0.320 e. The average Bonchev–Trinajstić information content (AvgIpc) is 2.20. The molecule has 0 saturated carbocycles. The third-order valence-corrected chi connectivity index (χ3v) is 2.00. The second kappa shape index (κ2) is 4.65. The fourth-order valence-corrected chi connectivity index (χ4v) is 1.11. The number of carbonyl (C=O) groups is 1. The molecule has 0 aliphatic heterocycles. The highest BCUT2D eigenvalue weighted by Gasteiger charge is 2.11. The van der Waals surface area contributed by atoms with E-state index in [2.05, 4.69) is 0 Å². The number of carboxylic acids is 1. The van der Waals surface area contributed by atoms with Crippen molar-refractivity contribution in [3.63, 3.8) is 0 Å². The summed E-state index contributed by atoms with van der Waals surface area (Å²) in [6, 6.07) is 2.11. The molecule has 5 nitrogen and oxygen atoms in total. The van der Waals surface area contributed by atoms with Crippen molar-refractivity contribution in [1.82, 2.24) is 0 Å². The number of nitrogens with two attached hydrogens (primary N) is 1. The van der Waals surface area contributed by atoms with Crippen LogP contribution >= 0.6 is 0 Å². The summed E-state index contributed by atoms with van der Waals surface area (Å²) >= 11 is 0. The van der Waals surface area contributed by atoms with E-state index in [4.69, 9.17) is 17.3 Å². The second-order valence-corrected chi connectivity index (χ2v) is 3.15. The topological polar surface area (TPSA) is 104 Å². The first-order valence-corrected chi connectivity index (χ1v) is 4.36. The summed E-state index contributed by atoms with van der Waals surface area (Å²) < 4.78 is 7.29. The molecule has 0 bridgehead atoms. The predicted octanol–water partition coefficient (Wildman–Crippen LogP) is 0.442. The number of benzene rings is 1. The van der Waals surface area contributed by atoms with Gasteiger partial charge in [0, 0.05) is 0 Å². The van der Waals surface area contributed by atoms with Gasteiger partial charge in [0.15, 0.2) is 11.5 Å². The molecule has 0 saturated heterocycles. The zero-order valence-electron chi connectivity index (χ0n) is 8.97. The van der Waals surface area contributed by atoms with Gasteiger partial charge in [0.05, 0.1) is 1.37 Å². The number of phenols is 2. The molecular formula is C10H13NO4. The van der Waals surface area contributed by atoms with Gasteiger partial charge in [0.25, 0.3) is 0 Å². The number of hydrogen-bond donors (Lipinski definition) is 4. The Morgan fingerprint density at radius 2 is 2.13 bits per heavy atom. The summed E-state index contributed by atoms with van der Waals surface area (Å²) in [6.45, 7) is 0. The molecule has 82 valence electrons. The molecule has 0 aromatic heterocycles. The van der Waals surface area contributed by atoms with E-state index in [1.165, 1.54) is 18.2 Å². The molecule has 1 aromatic carbocycles. The van der Waals surface area contributed by atoms with E-state index < -0.39 is 12.0 Å². The Hall–Kier alpha value is -1.75. The third-order valence-electron chi connectivity index (χ3n) is 2.00. The number of aryl methyl sites for hydroxylation is 1. The molecule has 0 fully saturated rings. The SMILES string of the molecule is [2H]C(N)(CCc1ccc(O)c(O)c1)C(=O)O. The monoisotopic (exact) mass is 212 g/mol. The zero-order chi connectivity index (χ0) is 12.3. The summed E-state index contributed by atoms with van der Waals surface area (Å²) in [7, 11) is 0. The van der Waals surface area contributed by atoms with E-state index >= 15 is 0 Å². The van der Waals surface area contributed by atoms with Gasteiger partial charge in [-0.25, -0.2) is 0 Å². The van der Waals surface area contributed by atoms with Crippen LogP contribution in [0.4, 0.5) is 0 Å². The summed E-state index contributed by atoms with van der Waals surface area (Å²) in [5.41, 5.74) is 5.84. The van der Waals surface area contributed by atoms with Crippen LogP contribution in [-0.2, 0) is 11.2 Å². The van der Waals surface area contributed by atoms with Crippen LogP contribution in [0.2, 0.25) is 0 Å². The van der Waals surface area contributed by atoms with Gasteiger partial charge < -0.3 is 21.1 Å². The lowest BCUT2D eigenvalue weighted by Crippen LogP contribution is -2.30. The lowest BCUT2D eigenvalue weighted by Gasteiger charge is -2.06. The lowest BCUT2D eigenvalue weighted by atomic mass is 10.1. The van der Waals surface area contributed by atoms with Crippen LogP contribution in [0.3, 0.4) is 0 Å². The zero-order valence-corrected chi connectivity index (χ0v) is 7.97. The highest BCUT2D eigenvalue weighted by Crippen LogP contribution is 2.25. The fraction of sp³-hybridized carbons (Fsp3) is 0.300. The number of hydrogen-bond acceptors (Lipinski definition) is 4. The molecule has 1 rings (SSSR count). The van der Waals surface area contributed by atoms with Crippen molar-refractivity contribution in [3.05, 3.63) is 23.8 Å². The number of carboxylic acid groups (broad SMARTS) is 1. The van der Waals surface area contributed by atoms with Crippen molar-refractivity contribution in [2.75, 3.05) is 0 Å². The van der Waals surface area contributed by atoms with Gasteiger partial charge in [-0.2, -0.15) is 0 Å². The average molecular weight is 212 g/mol. The maximum atomic E-state index is 10.6. The van der Waals surface area contributed by atoms with Crippen LogP contribution in [0, 0.1) is 0 Å². The summed E-state index contributed by atoms with van der Waals surface area (Å²) in [5, 5.41) is 26.9. The van der Waals surface area contributed by atoms with Gasteiger partial charge in [-0.05, 0) is 30.5 Å². The van der Waals surface area contributed by atoms with Crippen LogP contribution in [-0.4, -0.2) is 27.3 Å². The Morgan fingerprint density at radius 3 is 2.67 bits per heavy atom. The fourth-order valence-electron chi connectivity index (χ4n) is 1.11. The Morgan fingerprint density at radius 1 is 1.47 bits per heavy atom. The van der Waals surface area contributed by atoms with Crippen LogP contribution in [0.1, 0.15) is 13.4 Å². The largest absolute Gasteiger partial charge is 0.504 e. The summed E-state index contributed by atoms with van der Waals surface area (Å²) in [4.78, 5) is 10.6. The molecule has 0 radical (unpaired) electrons. The Kier molecular flexibility index (Phi) is 3.04. The number of phenolic OH excluding ortho intramolecular Hbond substituents is 2. The van der Waals surface area contributed by atoms with Crippen LogP contribution < -0.4 is 5.73 Å². The van der Waals surface area contributed by atoms with Crippen LogP contribution in [0.15, 0.2) is 18.2 Å². The Labute approximate surface area is 88.2 Å². The van der Waals surface area contributed by atoms with E-state index in [0.29, 0.717) is 5.56 Å². The van der Waals surface area contributed by atoms with E-state index in [9.17, 15) is 9.90 Å². The molecule has 0 heterocycles. The molecule has 5 N–H and O–H groups in total. The minimum Gasteiger partial charge on any atom is -0.504 e. The number of rotatable bonds is 4. The molecule has 0 amide bonds. The summed E-state index contributed by atoms with van der Waals surface area (Å²) in [5.74, 6) is -1.91. The molecule has 5 heteroatoms. The standard InChI is InChI=1S/C10H13NO4/c11-7(10(14)15)3-1-6-2-4-8(12)9(13)5-6/h2,4-5,7,12-13H,1,3,11H2,(H,14,15)/i7D. The van der Waals surface area contributed by atoms with Gasteiger partial charge >= 0.3 is 5.97 Å². The Balaban J connectivity index is 2.68. The molecule has 0 aliphatic rings. The quantitative estimate of drug-likeness (QED) is 0.542. The van der Waals surface area contributed by atoms with E-state index in [1.807, 2.05) is 0 Å². The van der Waals surface area contributed by atoms with Crippen molar-refractivity contribution in [1.29, 1.82) is 0 Å². The predicted molar refractivity (Wildman–Crippen MR) is 53.7 cm³/mol. The molecule has 0 spiro atoms. The van der Waals surface area contributed by atoms with Gasteiger partial charge in [0.1, 0.15) is 6.02 Å². The van der Waals surface area contributed by atoms with E-state index in [-0.39, 0.29) is 24.3 Å². The molecular weight excluding hydrogens is 198 g/mol. The minimum absolute atomic E-state index is 0.0768. The van der Waals surface area contributed by atoms with Crippen molar-refractivity contribution < 1.29 is 21.5 Å². The maximum absolute atomic E-state index is 10.6. The molecule has 0 aliphatic carbocycles. The van der Waals surface area contributed by atoms with Gasteiger partial charge in [-0.15, -0.1) is 0 Å². The van der Waals surface area contributed by atoms with Gasteiger partial charge in [0.2, 0.25) is 0 Å². The van der Waals surface area contributed by atoms with Crippen molar-refractivity contribution in [3.8, 4) is 11.5 Å². The van der Waals surface area contributed by atoms with Crippen molar-refractivity contribution >= 4 is 5.97 Å². The van der Waals surface area contributed by atoms with Crippen LogP contribution in [0.5, 0.6) is 11.5 Å².